The van der Waals surface area contributed by atoms with Crippen LogP contribution >= 0.6 is 0 Å². The maximum atomic E-state index is 7.37. The highest BCUT2D eigenvalue weighted by atomic mass is 15.1. The summed E-state index contributed by atoms with van der Waals surface area (Å²) in [7, 11) is 0. The van der Waals surface area contributed by atoms with Gasteiger partial charge in [-0.05, 0) is 24.7 Å². The van der Waals surface area contributed by atoms with Gasteiger partial charge in [0, 0.05) is 12.1 Å². The van der Waals surface area contributed by atoms with Crippen molar-refractivity contribution in [3.8, 4) is 0 Å². The van der Waals surface area contributed by atoms with Gasteiger partial charge in [0.05, 0.1) is 0 Å². The Morgan fingerprint density at radius 2 is 2.00 bits per heavy atom. The van der Waals surface area contributed by atoms with Crippen molar-refractivity contribution in [1.82, 2.24) is 4.90 Å². The van der Waals surface area contributed by atoms with E-state index in [0.717, 1.165) is 25.2 Å². The first-order valence-corrected chi connectivity index (χ1v) is 5.33. The van der Waals surface area contributed by atoms with Gasteiger partial charge in [0.25, 0.3) is 0 Å². The first-order chi connectivity index (χ1) is 7.17. The van der Waals surface area contributed by atoms with Crippen molar-refractivity contribution < 1.29 is 0 Å². The van der Waals surface area contributed by atoms with Crippen LogP contribution in [0.5, 0.6) is 0 Å². The minimum absolute atomic E-state index is 0.136. The molecule has 0 radical (unpaired) electrons. The number of nitrogens with one attached hydrogen (secondary N) is 1. The summed E-state index contributed by atoms with van der Waals surface area (Å²) in [5.74, 6) is 0.136. The molecule has 0 spiro atoms. The molecule has 0 aliphatic rings. The lowest BCUT2D eigenvalue weighted by molar-refractivity contribution is 0.296. The molecular weight excluding hydrogens is 186 g/mol. The number of nitrogen functional groups attached to an aromatic ring is 1. The van der Waals surface area contributed by atoms with E-state index in [9.17, 15) is 0 Å². The molecule has 1 aromatic carbocycles. The Kier molecular flexibility index (Phi) is 4.31. The van der Waals surface area contributed by atoms with Crippen LogP contribution in [-0.4, -0.2) is 23.8 Å². The Labute approximate surface area is 91.4 Å². The Bertz CT molecular complexity index is 329. The summed E-state index contributed by atoms with van der Waals surface area (Å²) in [5.41, 5.74) is 7.47. The second-order valence-corrected chi connectivity index (χ2v) is 3.58. The van der Waals surface area contributed by atoms with Gasteiger partial charge < -0.3 is 5.73 Å². The van der Waals surface area contributed by atoms with E-state index in [1.165, 1.54) is 5.56 Å². The molecule has 1 rings (SSSR count). The zero-order valence-corrected chi connectivity index (χ0v) is 9.46. The van der Waals surface area contributed by atoms with E-state index in [1.807, 2.05) is 18.2 Å². The maximum Gasteiger partial charge on any atom is 0.122 e. The summed E-state index contributed by atoms with van der Waals surface area (Å²) in [4.78, 5) is 2.33. The molecular formula is C12H19N3. The second-order valence-electron chi connectivity index (χ2n) is 3.58. The first-order valence-electron chi connectivity index (χ1n) is 5.33. The summed E-state index contributed by atoms with van der Waals surface area (Å²) in [5, 5.41) is 7.37. The Hall–Kier alpha value is -1.35. The molecule has 0 aliphatic heterocycles. The van der Waals surface area contributed by atoms with Gasteiger partial charge in [-0.3, -0.25) is 10.3 Å². The molecule has 0 unspecified atom stereocenters. The fraction of sp³-hybridized carbons (Fsp3) is 0.417. The van der Waals surface area contributed by atoms with E-state index >= 15 is 0 Å². The average molecular weight is 205 g/mol. The molecule has 0 bridgehead atoms. The van der Waals surface area contributed by atoms with Crippen LogP contribution in [0.25, 0.3) is 0 Å². The molecule has 0 heterocycles. The van der Waals surface area contributed by atoms with E-state index in [1.54, 1.807) is 0 Å². The van der Waals surface area contributed by atoms with Crippen molar-refractivity contribution in [1.29, 1.82) is 5.41 Å². The minimum Gasteiger partial charge on any atom is -0.384 e. The normalized spacial score (nSPS) is 10.6. The van der Waals surface area contributed by atoms with Gasteiger partial charge in [0.2, 0.25) is 0 Å². The van der Waals surface area contributed by atoms with Crippen molar-refractivity contribution in [2.75, 3.05) is 13.1 Å². The molecule has 0 atom stereocenters. The van der Waals surface area contributed by atoms with E-state index < -0.39 is 0 Å². The average Bonchev–Trinajstić information content (AvgIpc) is 2.26. The molecule has 0 amide bonds. The monoisotopic (exact) mass is 205 g/mol. The Morgan fingerprint density at radius 1 is 1.33 bits per heavy atom. The Morgan fingerprint density at radius 3 is 2.53 bits per heavy atom. The van der Waals surface area contributed by atoms with Crippen LogP contribution in [0.4, 0.5) is 0 Å². The zero-order valence-electron chi connectivity index (χ0n) is 9.46. The SMILES string of the molecule is CCN(CC)Cc1cccc(C(=N)N)c1. The van der Waals surface area contributed by atoms with Crippen molar-refractivity contribution in [3.63, 3.8) is 0 Å². The quantitative estimate of drug-likeness (QED) is 0.569. The molecule has 0 saturated heterocycles. The highest BCUT2D eigenvalue weighted by molar-refractivity contribution is 5.95. The summed E-state index contributed by atoms with van der Waals surface area (Å²) in [6.45, 7) is 7.31. The lowest BCUT2D eigenvalue weighted by Gasteiger charge is -2.18. The third-order valence-corrected chi connectivity index (χ3v) is 2.54. The molecule has 0 aliphatic carbocycles. The van der Waals surface area contributed by atoms with Crippen LogP contribution in [0, 0.1) is 5.41 Å². The fourth-order valence-electron chi connectivity index (χ4n) is 1.54. The number of hydrogen-bond donors (Lipinski definition) is 2. The van der Waals surface area contributed by atoms with Crippen LogP contribution in [0.3, 0.4) is 0 Å². The number of hydrogen-bond acceptors (Lipinski definition) is 2. The highest BCUT2D eigenvalue weighted by Gasteiger charge is 2.02. The van der Waals surface area contributed by atoms with Gasteiger partial charge in [-0.2, -0.15) is 0 Å². The standard InChI is InChI=1S/C12H19N3/c1-3-15(4-2)9-10-6-5-7-11(8-10)12(13)14/h5-8H,3-4,9H2,1-2H3,(H3,13,14). The molecule has 3 N–H and O–H groups in total. The van der Waals surface area contributed by atoms with Crippen molar-refractivity contribution in [3.05, 3.63) is 35.4 Å². The highest BCUT2D eigenvalue weighted by Crippen LogP contribution is 2.07. The van der Waals surface area contributed by atoms with Gasteiger partial charge in [-0.15, -0.1) is 0 Å². The third-order valence-electron chi connectivity index (χ3n) is 2.54. The molecule has 0 aromatic heterocycles. The van der Waals surface area contributed by atoms with Crippen molar-refractivity contribution in [2.45, 2.75) is 20.4 Å². The smallest absolute Gasteiger partial charge is 0.122 e. The van der Waals surface area contributed by atoms with Gasteiger partial charge in [0.1, 0.15) is 5.84 Å². The number of nitrogens with zero attached hydrogens (tertiary/aromatic N) is 1. The summed E-state index contributed by atoms with van der Waals surface area (Å²) < 4.78 is 0. The topological polar surface area (TPSA) is 53.1 Å². The molecule has 3 heteroatoms. The third kappa shape index (κ3) is 3.36. The fourth-order valence-corrected chi connectivity index (χ4v) is 1.54. The molecule has 0 saturated carbocycles. The van der Waals surface area contributed by atoms with Crippen LogP contribution in [-0.2, 0) is 6.54 Å². The Balaban J connectivity index is 2.77. The number of amidine groups is 1. The summed E-state index contributed by atoms with van der Waals surface area (Å²) >= 11 is 0. The predicted molar refractivity (Wildman–Crippen MR) is 64.1 cm³/mol. The van der Waals surface area contributed by atoms with Gasteiger partial charge in [-0.1, -0.05) is 32.0 Å². The van der Waals surface area contributed by atoms with Crippen LogP contribution in [0.15, 0.2) is 24.3 Å². The minimum atomic E-state index is 0.136. The lowest BCUT2D eigenvalue weighted by Crippen LogP contribution is -2.22. The van der Waals surface area contributed by atoms with Gasteiger partial charge in [-0.25, -0.2) is 0 Å². The number of rotatable bonds is 5. The molecule has 3 nitrogen and oxygen atoms in total. The van der Waals surface area contributed by atoms with Crippen molar-refractivity contribution >= 4 is 5.84 Å². The number of nitrogens with two attached hydrogens (primary N) is 1. The zero-order chi connectivity index (χ0) is 11.3. The first kappa shape index (κ1) is 11.7. The molecule has 0 fully saturated rings. The van der Waals surface area contributed by atoms with Crippen LogP contribution < -0.4 is 5.73 Å². The largest absolute Gasteiger partial charge is 0.384 e. The van der Waals surface area contributed by atoms with Crippen LogP contribution in [0.1, 0.15) is 25.0 Å². The van der Waals surface area contributed by atoms with E-state index in [-0.39, 0.29) is 5.84 Å². The van der Waals surface area contributed by atoms with E-state index in [4.69, 9.17) is 11.1 Å². The summed E-state index contributed by atoms with van der Waals surface area (Å²) in [6.07, 6.45) is 0. The van der Waals surface area contributed by atoms with E-state index in [2.05, 4.69) is 24.8 Å². The summed E-state index contributed by atoms with van der Waals surface area (Å²) in [6, 6.07) is 7.88. The van der Waals surface area contributed by atoms with Gasteiger partial charge in [0.15, 0.2) is 0 Å². The van der Waals surface area contributed by atoms with Gasteiger partial charge >= 0.3 is 0 Å². The predicted octanol–water partition coefficient (Wildman–Crippen LogP) is 1.81. The molecule has 1 aromatic rings. The molecule has 15 heavy (non-hydrogen) atoms. The van der Waals surface area contributed by atoms with E-state index in [0.29, 0.717) is 0 Å². The van der Waals surface area contributed by atoms with Crippen molar-refractivity contribution in [2.24, 2.45) is 5.73 Å². The number of benzene rings is 1. The lowest BCUT2D eigenvalue weighted by atomic mass is 10.1. The van der Waals surface area contributed by atoms with Crippen LogP contribution in [0.2, 0.25) is 0 Å². The maximum absolute atomic E-state index is 7.37. The molecule has 82 valence electrons. The second kappa shape index (κ2) is 5.51.